The summed E-state index contributed by atoms with van der Waals surface area (Å²) in [6, 6.07) is 15.2. The van der Waals surface area contributed by atoms with Crippen LogP contribution in [-0.2, 0) is 16.0 Å². The molecule has 1 aliphatic heterocycles. The third kappa shape index (κ3) is 3.99. The van der Waals surface area contributed by atoms with Crippen LogP contribution in [0.2, 0.25) is 0 Å². The lowest BCUT2D eigenvalue weighted by Crippen LogP contribution is -2.44. The molecule has 130 valence electrons. The fraction of sp³-hybridized carbons (Fsp3) is 0.300. The number of aryl methyl sites for hydroxylation is 1. The number of nitrogens with zero attached hydrogens (tertiary/aromatic N) is 1. The summed E-state index contributed by atoms with van der Waals surface area (Å²) in [5.41, 5.74) is 3.88. The van der Waals surface area contributed by atoms with Gasteiger partial charge in [-0.1, -0.05) is 18.2 Å². The normalized spacial score (nSPS) is 14.4. The molecular formula is C20H23N3O2. The summed E-state index contributed by atoms with van der Waals surface area (Å²) in [7, 11) is 0. The molecule has 0 saturated carbocycles. The number of hydrogen-bond acceptors (Lipinski definition) is 3. The molecule has 0 aliphatic carbocycles. The van der Waals surface area contributed by atoms with Gasteiger partial charge in [0, 0.05) is 30.5 Å². The number of fused-ring (bicyclic) bond motifs is 1. The summed E-state index contributed by atoms with van der Waals surface area (Å²) < 4.78 is 0. The lowest BCUT2D eigenvalue weighted by molar-refractivity contribution is -0.117. The standard InChI is InChI=1S/C20H23N3O2/c1-14(23-13-5-7-16-6-3-4-8-19(16)23)20(25)22-18-11-9-17(10-12-18)21-15(2)24/h3-4,6,8-12,14H,5,7,13H2,1-2H3,(H,21,24)(H,22,25)/t14-/m1/s1. The minimum Gasteiger partial charge on any atom is -0.360 e. The Morgan fingerprint density at radius 2 is 1.64 bits per heavy atom. The van der Waals surface area contributed by atoms with Gasteiger partial charge in [-0.3, -0.25) is 9.59 Å². The molecule has 1 atom stereocenters. The number of amides is 2. The van der Waals surface area contributed by atoms with Crippen LogP contribution < -0.4 is 15.5 Å². The Kier molecular flexibility index (Phi) is 5.03. The van der Waals surface area contributed by atoms with E-state index in [1.54, 1.807) is 24.3 Å². The van der Waals surface area contributed by atoms with Crippen LogP contribution in [0.3, 0.4) is 0 Å². The predicted octanol–water partition coefficient (Wildman–Crippen LogP) is 3.42. The van der Waals surface area contributed by atoms with Crippen LogP contribution in [-0.4, -0.2) is 24.4 Å². The molecule has 0 bridgehead atoms. The molecule has 0 saturated heterocycles. The van der Waals surface area contributed by atoms with E-state index in [1.165, 1.54) is 12.5 Å². The number of carbonyl (C=O) groups is 2. The van der Waals surface area contributed by atoms with Crippen molar-refractivity contribution in [1.29, 1.82) is 0 Å². The van der Waals surface area contributed by atoms with Crippen molar-refractivity contribution in [3.05, 3.63) is 54.1 Å². The van der Waals surface area contributed by atoms with Crippen LogP contribution in [0.1, 0.15) is 25.8 Å². The second-order valence-electron chi connectivity index (χ2n) is 6.35. The number of para-hydroxylation sites is 1. The number of anilines is 3. The van der Waals surface area contributed by atoms with Gasteiger partial charge < -0.3 is 15.5 Å². The number of nitrogens with one attached hydrogen (secondary N) is 2. The molecule has 5 nitrogen and oxygen atoms in total. The molecule has 3 rings (SSSR count). The van der Waals surface area contributed by atoms with Crippen molar-refractivity contribution in [2.24, 2.45) is 0 Å². The quantitative estimate of drug-likeness (QED) is 0.898. The minimum atomic E-state index is -0.253. The second kappa shape index (κ2) is 7.38. The first kappa shape index (κ1) is 17.0. The summed E-state index contributed by atoms with van der Waals surface area (Å²) in [5.74, 6) is -0.154. The fourth-order valence-corrected chi connectivity index (χ4v) is 3.19. The lowest BCUT2D eigenvalue weighted by atomic mass is 10.00. The highest BCUT2D eigenvalue weighted by molar-refractivity contribution is 5.97. The maximum atomic E-state index is 12.7. The van der Waals surface area contributed by atoms with Gasteiger partial charge in [0.15, 0.2) is 0 Å². The minimum absolute atomic E-state index is 0.0380. The van der Waals surface area contributed by atoms with Crippen LogP contribution >= 0.6 is 0 Å². The van der Waals surface area contributed by atoms with Crippen LogP contribution in [0.4, 0.5) is 17.1 Å². The third-order valence-corrected chi connectivity index (χ3v) is 4.47. The Hall–Kier alpha value is -2.82. The molecule has 0 radical (unpaired) electrons. The van der Waals surface area contributed by atoms with Gasteiger partial charge in [0.25, 0.3) is 0 Å². The lowest BCUT2D eigenvalue weighted by Gasteiger charge is -2.35. The molecule has 0 fully saturated rings. The molecule has 25 heavy (non-hydrogen) atoms. The smallest absolute Gasteiger partial charge is 0.246 e. The Labute approximate surface area is 148 Å². The molecule has 1 heterocycles. The average Bonchev–Trinajstić information content (AvgIpc) is 2.62. The summed E-state index contributed by atoms with van der Waals surface area (Å²) in [6.07, 6.45) is 2.12. The summed E-state index contributed by atoms with van der Waals surface area (Å²) in [5, 5.41) is 5.67. The topological polar surface area (TPSA) is 61.4 Å². The number of hydrogen-bond donors (Lipinski definition) is 2. The molecule has 2 N–H and O–H groups in total. The van der Waals surface area contributed by atoms with Crippen molar-refractivity contribution in [2.45, 2.75) is 32.7 Å². The zero-order valence-electron chi connectivity index (χ0n) is 14.6. The van der Waals surface area contributed by atoms with Gasteiger partial charge in [0.05, 0.1) is 0 Å². The number of rotatable bonds is 4. The number of benzene rings is 2. The van der Waals surface area contributed by atoms with E-state index in [-0.39, 0.29) is 17.9 Å². The highest BCUT2D eigenvalue weighted by Gasteiger charge is 2.25. The maximum absolute atomic E-state index is 12.7. The van der Waals surface area contributed by atoms with Gasteiger partial charge >= 0.3 is 0 Å². The molecule has 5 heteroatoms. The van der Waals surface area contributed by atoms with E-state index >= 15 is 0 Å². The van der Waals surface area contributed by atoms with Gasteiger partial charge in [-0.25, -0.2) is 0 Å². The third-order valence-electron chi connectivity index (χ3n) is 4.47. The highest BCUT2D eigenvalue weighted by Crippen LogP contribution is 2.28. The predicted molar refractivity (Wildman–Crippen MR) is 101 cm³/mol. The molecule has 2 aromatic rings. The van der Waals surface area contributed by atoms with Gasteiger partial charge in [-0.2, -0.15) is 0 Å². The summed E-state index contributed by atoms with van der Waals surface area (Å²) in [4.78, 5) is 25.9. The van der Waals surface area contributed by atoms with Crippen LogP contribution in [0, 0.1) is 0 Å². The molecule has 0 spiro atoms. The van der Waals surface area contributed by atoms with Crippen LogP contribution in [0.5, 0.6) is 0 Å². The van der Waals surface area contributed by atoms with E-state index in [2.05, 4.69) is 27.7 Å². The van der Waals surface area contributed by atoms with Gasteiger partial charge in [0.1, 0.15) is 6.04 Å². The zero-order chi connectivity index (χ0) is 17.8. The monoisotopic (exact) mass is 337 g/mol. The molecule has 1 aliphatic rings. The van der Waals surface area contributed by atoms with E-state index < -0.39 is 0 Å². The van der Waals surface area contributed by atoms with E-state index in [0.717, 1.165) is 30.8 Å². The van der Waals surface area contributed by atoms with Gasteiger partial charge in [-0.15, -0.1) is 0 Å². The largest absolute Gasteiger partial charge is 0.360 e. The SMILES string of the molecule is CC(=O)Nc1ccc(NC(=O)[C@@H](C)N2CCCc3ccccc32)cc1. The molecular weight excluding hydrogens is 314 g/mol. The van der Waals surface area contributed by atoms with Gasteiger partial charge in [-0.05, 0) is 55.7 Å². The fourth-order valence-electron chi connectivity index (χ4n) is 3.19. The van der Waals surface area contributed by atoms with Crippen LogP contribution in [0.25, 0.3) is 0 Å². The Bertz CT molecular complexity index is 771. The zero-order valence-corrected chi connectivity index (χ0v) is 14.6. The first-order valence-corrected chi connectivity index (χ1v) is 8.57. The van der Waals surface area contributed by atoms with Crippen molar-refractivity contribution in [3.63, 3.8) is 0 Å². The Morgan fingerprint density at radius 1 is 1.00 bits per heavy atom. The van der Waals surface area contributed by atoms with Crippen molar-refractivity contribution in [1.82, 2.24) is 0 Å². The van der Waals surface area contributed by atoms with Crippen molar-refractivity contribution < 1.29 is 9.59 Å². The average molecular weight is 337 g/mol. The Balaban J connectivity index is 1.68. The Morgan fingerprint density at radius 3 is 2.32 bits per heavy atom. The van der Waals surface area contributed by atoms with Gasteiger partial charge in [0.2, 0.25) is 11.8 Å². The number of carbonyl (C=O) groups excluding carboxylic acids is 2. The summed E-state index contributed by atoms with van der Waals surface area (Å²) in [6.45, 7) is 4.28. The molecule has 0 unspecified atom stereocenters. The highest BCUT2D eigenvalue weighted by atomic mass is 16.2. The van der Waals surface area contributed by atoms with E-state index in [0.29, 0.717) is 5.69 Å². The molecule has 0 aromatic heterocycles. The van der Waals surface area contributed by atoms with Crippen LogP contribution in [0.15, 0.2) is 48.5 Å². The van der Waals surface area contributed by atoms with Crippen molar-refractivity contribution in [3.8, 4) is 0 Å². The van der Waals surface area contributed by atoms with E-state index in [9.17, 15) is 9.59 Å². The first-order chi connectivity index (χ1) is 12.0. The summed E-state index contributed by atoms with van der Waals surface area (Å²) >= 11 is 0. The van der Waals surface area contributed by atoms with Crippen molar-refractivity contribution >= 4 is 28.9 Å². The molecule has 2 amide bonds. The van der Waals surface area contributed by atoms with E-state index in [4.69, 9.17) is 0 Å². The first-order valence-electron chi connectivity index (χ1n) is 8.57. The second-order valence-corrected chi connectivity index (χ2v) is 6.35. The van der Waals surface area contributed by atoms with Crippen molar-refractivity contribution in [2.75, 3.05) is 22.1 Å². The maximum Gasteiger partial charge on any atom is 0.246 e. The van der Waals surface area contributed by atoms with E-state index in [1.807, 2.05) is 19.1 Å². The molecule has 2 aromatic carbocycles.